The van der Waals surface area contributed by atoms with Gasteiger partial charge < -0.3 is 10.4 Å². The molecular weight excluding hydrogens is 181 g/mol. The predicted molar refractivity (Wildman–Crippen MR) is 56.1 cm³/mol. The molecule has 0 spiro atoms. The normalized spacial score (nSPS) is 10.6. The zero-order chi connectivity index (χ0) is 10.6. The van der Waals surface area contributed by atoms with Crippen LogP contribution in [0, 0.1) is 5.82 Å². The molecule has 0 radical (unpaired) electrons. The maximum Gasteiger partial charge on any atom is 0.166 e. The third-order valence-electron chi connectivity index (χ3n) is 2.30. The molecule has 0 fully saturated rings. The Labute approximate surface area is 83.8 Å². The van der Waals surface area contributed by atoms with Gasteiger partial charge in [-0.3, -0.25) is 0 Å². The van der Waals surface area contributed by atoms with E-state index in [9.17, 15) is 4.39 Å². The molecular formula is C11H16FNO. The summed E-state index contributed by atoms with van der Waals surface area (Å²) in [4.78, 5) is 0. The van der Waals surface area contributed by atoms with Crippen molar-refractivity contribution in [3.05, 3.63) is 24.0 Å². The van der Waals surface area contributed by atoms with E-state index in [4.69, 9.17) is 5.11 Å². The van der Waals surface area contributed by atoms with Gasteiger partial charge in [0.15, 0.2) is 11.6 Å². The molecule has 3 heteroatoms. The van der Waals surface area contributed by atoms with Crippen molar-refractivity contribution >= 4 is 5.69 Å². The summed E-state index contributed by atoms with van der Waals surface area (Å²) < 4.78 is 12.9. The van der Waals surface area contributed by atoms with Gasteiger partial charge in [0.2, 0.25) is 0 Å². The lowest BCUT2D eigenvalue weighted by Gasteiger charge is -2.16. The van der Waals surface area contributed by atoms with Crippen molar-refractivity contribution in [1.29, 1.82) is 0 Å². The highest BCUT2D eigenvalue weighted by atomic mass is 19.1. The highest BCUT2D eigenvalue weighted by Crippen LogP contribution is 2.20. The van der Waals surface area contributed by atoms with Crippen molar-refractivity contribution in [2.24, 2.45) is 0 Å². The summed E-state index contributed by atoms with van der Waals surface area (Å²) in [6, 6.07) is 4.71. The highest BCUT2D eigenvalue weighted by Gasteiger charge is 2.05. The Morgan fingerprint density at radius 1 is 1.36 bits per heavy atom. The number of benzene rings is 1. The number of halogens is 1. The first-order valence-corrected chi connectivity index (χ1v) is 4.92. The maximum absolute atomic E-state index is 12.9. The van der Waals surface area contributed by atoms with Crippen LogP contribution in [0.25, 0.3) is 0 Å². The summed E-state index contributed by atoms with van der Waals surface area (Å²) in [6.45, 7) is 4.16. The van der Waals surface area contributed by atoms with Crippen LogP contribution in [-0.2, 0) is 0 Å². The Balaban J connectivity index is 2.72. The second kappa shape index (κ2) is 4.84. The quantitative estimate of drug-likeness (QED) is 0.727. The Bertz CT molecular complexity index is 297. The van der Waals surface area contributed by atoms with E-state index in [0.717, 1.165) is 12.8 Å². The summed E-state index contributed by atoms with van der Waals surface area (Å²) in [5.41, 5.74) is 0.717. The SMILES string of the molecule is CCC(CC)Nc1ccc(O)c(F)c1. The molecule has 0 unspecified atom stereocenters. The molecule has 0 amide bonds. The minimum atomic E-state index is -0.582. The standard InChI is InChI=1S/C11H16FNO/c1-3-8(4-2)13-9-5-6-11(14)10(12)7-9/h5-8,13-14H,3-4H2,1-2H3. The first-order chi connectivity index (χ1) is 6.67. The summed E-state index contributed by atoms with van der Waals surface area (Å²) >= 11 is 0. The van der Waals surface area contributed by atoms with Crippen LogP contribution in [0.15, 0.2) is 18.2 Å². The molecule has 0 aliphatic heterocycles. The van der Waals surface area contributed by atoms with E-state index in [2.05, 4.69) is 19.2 Å². The van der Waals surface area contributed by atoms with Gasteiger partial charge in [0, 0.05) is 17.8 Å². The molecule has 2 nitrogen and oxygen atoms in total. The second-order valence-corrected chi connectivity index (χ2v) is 3.32. The number of rotatable bonds is 4. The molecule has 0 atom stereocenters. The molecule has 0 saturated heterocycles. The van der Waals surface area contributed by atoms with E-state index in [1.54, 1.807) is 6.07 Å². The van der Waals surface area contributed by atoms with Gasteiger partial charge in [-0.2, -0.15) is 0 Å². The van der Waals surface area contributed by atoms with Crippen molar-refractivity contribution in [1.82, 2.24) is 0 Å². The van der Waals surface area contributed by atoms with Crippen LogP contribution in [0.4, 0.5) is 10.1 Å². The largest absolute Gasteiger partial charge is 0.505 e. The third-order valence-corrected chi connectivity index (χ3v) is 2.30. The summed E-state index contributed by atoms with van der Waals surface area (Å²) in [5, 5.41) is 12.2. The predicted octanol–water partition coefficient (Wildman–Crippen LogP) is 3.13. The van der Waals surface area contributed by atoms with Crippen LogP contribution in [0.3, 0.4) is 0 Å². The zero-order valence-electron chi connectivity index (χ0n) is 8.55. The Morgan fingerprint density at radius 3 is 2.50 bits per heavy atom. The average Bonchev–Trinajstić information content (AvgIpc) is 2.19. The zero-order valence-corrected chi connectivity index (χ0v) is 8.55. The number of phenolic OH excluding ortho intramolecular Hbond substituents is 1. The number of aromatic hydroxyl groups is 1. The molecule has 0 saturated carbocycles. The van der Waals surface area contributed by atoms with Crippen LogP contribution in [0.5, 0.6) is 5.75 Å². The first-order valence-electron chi connectivity index (χ1n) is 4.92. The van der Waals surface area contributed by atoms with Crippen molar-refractivity contribution < 1.29 is 9.50 Å². The Morgan fingerprint density at radius 2 is 2.00 bits per heavy atom. The summed E-state index contributed by atoms with van der Waals surface area (Å²) in [6.07, 6.45) is 2.00. The molecule has 1 aromatic rings. The van der Waals surface area contributed by atoms with Gasteiger partial charge in [0.05, 0.1) is 0 Å². The fourth-order valence-electron chi connectivity index (χ4n) is 1.33. The van der Waals surface area contributed by atoms with Crippen molar-refractivity contribution in [2.75, 3.05) is 5.32 Å². The molecule has 0 bridgehead atoms. The maximum atomic E-state index is 12.9. The van der Waals surface area contributed by atoms with Crippen molar-refractivity contribution in [2.45, 2.75) is 32.7 Å². The van der Waals surface area contributed by atoms with Crippen LogP contribution in [-0.4, -0.2) is 11.1 Å². The van der Waals surface area contributed by atoms with E-state index in [1.807, 2.05) is 0 Å². The van der Waals surface area contributed by atoms with Crippen molar-refractivity contribution in [3.63, 3.8) is 0 Å². The number of phenols is 1. The number of hydrogen-bond donors (Lipinski definition) is 2. The second-order valence-electron chi connectivity index (χ2n) is 3.32. The van der Waals surface area contributed by atoms with E-state index in [-0.39, 0.29) is 5.75 Å². The van der Waals surface area contributed by atoms with Gasteiger partial charge in [-0.15, -0.1) is 0 Å². The van der Waals surface area contributed by atoms with Crippen LogP contribution < -0.4 is 5.32 Å². The summed E-state index contributed by atoms with van der Waals surface area (Å²) in [7, 11) is 0. The molecule has 14 heavy (non-hydrogen) atoms. The minimum Gasteiger partial charge on any atom is -0.505 e. The lowest BCUT2D eigenvalue weighted by Crippen LogP contribution is -2.16. The molecule has 1 rings (SSSR count). The third kappa shape index (κ3) is 2.62. The summed E-state index contributed by atoms with van der Waals surface area (Å²) in [5.74, 6) is -0.888. The highest BCUT2D eigenvalue weighted by molar-refractivity contribution is 5.47. The van der Waals surface area contributed by atoms with Crippen LogP contribution >= 0.6 is 0 Å². The first kappa shape index (κ1) is 10.8. The van der Waals surface area contributed by atoms with Gasteiger partial charge in [0.25, 0.3) is 0 Å². The van der Waals surface area contributed by atoms with Gasteiger partial charge in [-0.1, -0.05) is 13.8 Å². The Kier molecular flexibility index (Phi) is 3.74. The number of nitrogens with one attached hydrogen (secondary N) is 1. The Hall–Kier alpha value is -1.25. The lowest BCUT2D eigenvalue weighted by molar-refractivity contribution is 0.432. The van der Waals surface area contributed by atoms with Gasteiger partial charge >= 0.3 is 0 Å². The fraction of sp³-hybridized carbons (Fsp3) is 0.455. The van der Waals surface area contributed by atoms with E-state index >= 15 is 0 Å². The molecule has 78 valence electrons. The van der Waals surface area contributed by atoms with Gasteiger partial charge in [-0.25, -0.2) is 4.39 Å². The number of hydrogen-bond acceptors (Lipinski definition) is 2. The lowest BCUT2D eigenvalue weighted by atomic mass is 10.1. The smallest absolute Gasteiger partial charge is 0.166 e. The monoisotopic (exact) mass is 197 g/mol. The van der Waals surface area contributed by atoms with E-state index < -0.39 is 5.82 Å². The van der Waals surface area contributed by atoms with E-state index in [0.29, 0.717) is 11.7 Å². The fourth-order valence-corrected chi connectivity index (χ4v) is 1.33. The minimum absolute atomic E-state index is 0.305. The van der Waals surface area contributed by atoms with Crippen molar-refractivity contribution in [3.8, 4) is 5.75 Å². The molecule has 0 heterocycles. The molecule has 0 aliphatic rings. The van der Waals surface area contributed by atoms with Gasteiger partial charge in [0.1, 0.15) is 0 Å². The molecule has 1 aromatic carbocycles. The average molecular weight is 197 g/mol. The molecule has 0 aliphatic carbocycles. The van der Waals surface area contributed by atoms with E-state index in [1.165, 1.54) is 12.1 Å². The number of anilines is 1. The molecule has 0 aromatic heterocycles. The van der Waals surface area contributed by atoms with Crippen LogP contribution in [0.2, 0.25) is 0 Å². The topological polar surface area (TPSA) is 32.3 Å². The van der Waals surface area contributed by atoms with Crippen LogP contribution in [0.1, 0.15) is 26.7 Å². The molecule has 2 N–H and O–H groups in total. The van der Waals surface area contributed by atoms with Gasteiger partial charge in [-0.05, 0) is 25.0 Å².